The zero-order valence-corrected chi connectivity index (χ0v) is 16.8. The molecule has 4 rings (SSSR count). The molecule has 2 aromatic heterocycles. The van der Waals surface area contributed by atoms with Gasteiger partial charge in [-0.1, -0.05) is 0 Å². The highest BCUT2D eigenvalue weighted by molar-refractivity contribution is 7.13. The molecule has 144 valence electrons. The number of amides is 1. The predicted octanol–water partition coefficient (Wildman–Crippen LogP) is 3.38. The fraction of sp³-hybridized carbons (Fsp3) is 0.333. The molecule has 0 bridgehead atoms. The number of hydrogen-bond acceptors (Lipinski definition) is 6. The molecular weight excluding hydrogens is 372 g/mol. The van der Waals surface area contributed by atoms with Crippen LogP contribution in [0.5, 0.6) is 5.75 Å². The van der Waals surface area contributed by atoms with E-state index in [9.17, 15) is 4.79 Å². The van der Waals surface area contributed by atoms with Crippen molar-refractivity contribution in [2.75, 3.05) is 13.7 Å². The fourth-order valence-electron chi connectivity index (χ4n) is 3.42. The van der Waals surface area contributed by atoms with Crippen molar-refractivity contribution < 1.29 is 9.53 Å². The molecule has 2 heterocycles. The standard InChI is InChI=1S/C21H22N4O2S/c1-13-23-18-5-3-4-17(18)19(24-13)20(26)22-11-10-15-12-28-21(25-15)14-6-8-16(27-2)9-7-14/h6-9,12H,3-5,10-11H2,1-2H3,(H,22,26). The third-order valence-electron chi connectivity index (χ3n) is 4.82. The molecule has 0 radical (unpaired) electrons. The number of rotatable bonds is 6. The predicted molar refractivity (Wildman–Crippen MR) is 109 cm³/mol. The highest BCUT2D eigenvalue weighted by atomic mass is 32.1. The van der Waals surface area contributed by atoms with Gasteiger partial charge in [0.05, 0.1) is 12.8 Å². The van der Waals surface area contributed by atoms with Crippen LogP contribution < -0.4 is 10.1 Å². The average molecular weight is 395 g/mol. The molecule has 28 heavy (non-hydrogen) atoms. The molecule has 0 atom stereocenters. The largest absolute Gasteiger partial charge is 0.497 e. The maximum Gasteiger partial charge on any atom is 0.270 e. The van der Waals surface area contributed by atoms with E-state index in [0.717, 1.165) is 52.5 Å². The number of hydrogen-bond donors (Lipinski definition) is 1. The molecule has 1 aromatic carbocycles. The number of fused-ring (bicyclic) bond motifs is 1. The average Bonchev–Trinajstić information content (AvgIpc) is 3.36. The van der Waals surface area contributed by atoms with E-state index < -0.39 is 0 Å². The number of benzene rings is 1. The van der Waals surface area contributed by atoms with Crippen LogP contribution in [0.2, 0.25) is 0 Å². The highest BCUT2D eigenvalue weighted by Crippen LogP contribution is 2.26. The summed E-state index contributed by atoms with van der Waals surface area (Å²) in [6, 6.07) is 7.86. The van der Waals surface area contributed by atoms with Crippen LogP contribution in [0.3, 0.4) is 0 Å². The van der Waals surface area contributed by atoms with E-state index in [-0.39, 0.29) is 5.91 Å². The number of thiazole rings is 1. The molecule has 0 saturated heterocycles. The Morgan fingerprint density at radius 3 is 2.79 bits per heavy atom. The number of ether oxygens (including phenoxy) is 1. The lowest BCUT2D eigenvalue weighted by Crippen LogP contribution is -2.28. The smallest absolute Gasteiger partial charge is 0.270 e. The lowest BCUT2D eigenvalue weighted by atomic mass is 10.1. The Balaban J connectivity index is 1.37. The first-order valence-corrected chi connectivity index (χ1v) is 10.3. The summed E-state index contributed by atoms with van der Waals surface area (Å²) in [4.78, 5) is 26.1. The van der Waals surface area contributed by atoms with Crippen molar-refractivity contribution in [1.82, 2.24) is 20.3 Å². The van der Waals surface area contributed by atoms with Gasteiger partial charge in [0, 0.05) is 35.2 Å². The number of aryl methyl sites for hydroxylation is 2. The first-order valence-electron chi connectivity index (χ1n) is 9.37. The Hall–Kier alpha value is -2.80. The molecule has 0 fully saturated rings. The first kappa shape index (κ1) is 18.6. The minimum absolute atomic E-state index is 0.116. The van der Waals surface area contributed by atoms with Gasteiger partial charge in [0.2, 0.25) is 0 Å². The van der Waals surface area contributed by atoms with Crippen molar-refractivity contribution in [3.8, 4) is 16.3 Å². The Bertz CT molecular complexity index is 998. The molecule has 1 aliphatic carbocycles. The van der Waals surface area contributed by atoms with Gasteiger partial charge >= 0.3 is 0 Å². The first-order chi connectivity index (χ1) is 13.6. The van der Waals surface area contributed by atoms with Crippen molar-refractivity contribution >= 4 is 17.2 Å². The number of carbonyl (C=O) groups excluding carboxylic acids is 1. The molecule has 6 nitrogen and oxygen atoms in total. The van der Waals surface area contributed by atoms with Crippen molar-refractivity contribution in [3.05, 3.63) is 58.1 Å². The molecule has 1 aliphatic rings. The molecule has 1 amide bonds. The van der Waals surface area contributed by atoms with Gasteiger partial charge < -0.3 is 10.1 Å². The van der Waals surface area contributed by atoms with Crippen LogP contribution >= 0.6 is 11.3 Å². The lowest BCUT2D eigenvalue weighted by Gasteiger charge is -2.09. The van der Waals surface area contributed by atoms with Crippen LogP contribution in [-0.4, -0.2) is 34.5 Å². The molecule has 0 saturated carbocycles. The van der Waals surface area contributed by atoms with Gasteiger partial charge in [-0.3, -0.25) is 4.79 Å². The number of nitrogens with zero attached hydrogens (tertiary/aromatic N) is 3. The van der Waals surface area contributed by atoms with Crippen LogP contribution in [0.1, 0.15) is 39.7 Å². The van der Waals surface area contributed by atoms with E-state index in [1.165, 1.54) is 0 Å². The Morgan fingerprint density at radius 1 is 1.18 bits per heavy atom. The SMILES string of the molecule is COc1ccc(-c2nc(CCNC(=O)c3nc(C)nc4c3CCC4)cs2)cc1. The van der Waals surface area contributed by atoms with E-state index in [1.54, 1.807) is 18.4 Å². The summed E-state index contributed by atoms with van der Waals surface area (Å²) < 4.78 is 5.19. The minimum Gasteiger partial charge on any atom is -0.497 e. The fourth-order valence-corrected chi connectivity index (χ4v) is 4.28. The summed E-state index contributed by atoms with van der Waals surface area (Å²) in [5.74, 6) is 1.37. The topological polar surface area (TPSA) is 77.0 Å². The summed E-state index contributed by atoms with van der Waals surface area (Å²) in [6.07, 6.45) is 3.55. The monoisotopic (exact) mass is 394 g/mol. The molecule has 0 aliphatic heterocycles. The van der Waals surface area contributed by atoms with E-state index in [0.29, 0.717) is 24.5 Å². The molecule has 3 aromatic rings. The van der Waals surface area contributed by atoms with Gasteiger partial charge in [-0.25, -0.2) is 15.0 Å². The second-order valence-electron chi connectivity index (χ2n) is 6.78. The van der Waals surface area contributed by atoms with Crippen molar-refractivity contribution in [1.29, 1.82) is 0 Å². The Morgan fingerprint density at radius 2 is 2.00 bits per heavy atom. The summed E-state index contributed by atoms with van der Waals surface area (Å²) >= 11 is 1.60. The number of carbonyl (C=O) groups is 1. The third kappa shape index (κ3) is 3.89. The van der Waals surface area contributed by atoms with Gasteiger partial charge in [0.1, 0.15) is 22.3 Å². The van der Waals surface area contributed by atoms with Crippen LogP contribution in [0.4, 0.5) is 0 Å². The van der Waals surface area contributed by atoms with Crippen molar-refractivity contribution in [3.63, 3.8) is 0 Å². The number of aromatic nitrogens is 3. The zero-order chi connectivity index (χ0) is 19.5. The van der Waals surface area contributed by atoms with Gasteiger partial charge in [-0.2, -0.15) is 0 Å². The lowest BCUT2D eigenvalue weighted by molar-refractivity contribution is 0.0947. The molecule has 0 spiro atoms. The number of methoxy groups -OCH3 is 1. The van der Waals surface area contributed by atoms with Crippen LogP contribution in [-0.2, 0) is 19.3 Å². The summed E-state index contributed by atoms with van der Waals surface area (Å²) in [6.45, 7) is 2.37. The maximum absolute atomic E-state index is 12.6. The zero-order valence-electron chi connectivity index (χ0n) is 16.0. The van der Waals surface area contributed by atoms with E-state index in [4.69, 9.17) is 4.74 Å². The molecule has 7 heteroatoms. The Labute approximate surface area is 168 Å². The van der Waals surface area contributed by atoms with Gasteiger partial charge in [0.15, 0.2) is 0 Å². The summed E-state index contributed by atoms with van der Waals surface area (Å²) in [7, 11) is 1.65. The highest BCUT2D eigenvalue weighted by Gasteiger charge is 2.22. The Kier molecular flexibility index (Phi) is 5.34. The normalized spacial score (nSPS) is 12.6. The van der Waals surface area contributed by atoms with E-state index in [1.807, 2.05) is 36.6 Å². The molecule has 1 N–H and O–H groups in total. The van der Waals surface area contributed by atoms with Gasteiger partial charge in [0.25, 0.3) is 5.91 Å². The van der Waals surface area contributed by atoms with Crippen molar-refractivity contribution in [2.24, 2.45) is 0 Å². The second kappa shape index (κ2) is 8.06. The van der Waals surface area contributed by atoms with Crippen molar-refractivity contribution in [2.45, 2.75) is 32.6 Å². The molecular formula is C21H22N4O2S. The third-order valence-corrected chi connectivity index (χ3v) is 5.76. The van der Waals surface area contributed by atoms with Crippen LogP contribution in [0.15, 0.2) is 29.6 Å². The van der Waals surface area contributed by atoms with E-state index in [2.05, 4.69) is 20.3 Å². The number of nitrogens with one attached hydrogen (secondary N) is 1. The quantitative estimate of drug-likeness (QED) is 0.694. The van der Waals surface area contributed by atoms with Crippen LogP contribution in [0.25, 0.3) is 10.6 Å². The maximum atomic E-state index is 12.6. The second-order valence-corrected chi connectivity index (χ2v) is 7.63. The van der Waals surface area contributed by atoms with Crippen LogP contribution in [0, 0.1) is 6.92 Å². The van der Waals surface area contributed by atoms with Gasteiger partial charge in [-0.15, -0.1) is 11.3 Å². The summed E-state index contributed by atoms with van der Waals surface area (Å²) in [5, 5.41) is 5.99. The van der Waals surface area contributed by atoms with E-state index >= 15 is 0 Å². The summed E-state index contributed by atoms with van der Waals surface area (Å²) in [5.41, 5.74) is 4.62. The molecule has 0 unspecified atom stereocenters. The van der Waals surface area contributed by atoms with Gasteiger partial charge in [-0.05, 0) is 50.5 Å². The minimum atomic E-state index is -0.116.